The quantitative estimate of drug-likeness (QED) is 0.784. The van der Waals surface area contributed by atoms with Crippen molar-refractivity contribution in [2.45, 2.75) is 51.5 Å². The van der Waals surface area contributed by atoms with Crippen molar-refractivity contribution < 1.29 is 0 Å². The molecular formula is C16H22ClN3. The molecule has 108 valence electrons. The highest BCUT2D eigenvalue weighted by molar-refractivity contribution is 6.17. The molecule has 2 atom stereocenters. The lowest BCUT2D eigenvalue weighted by Crippen LogP contribution is -2.21. The van der Waals surface area contributed by atoms with E-state index in [1.165, 1.54) is 32.1 Å². The SMILES string of the molecule is CCC1CCCC(n2c(CCCl)nc3cccnc32)C1. The Morgan fingerprint density at radius 1 is 1.40 bits per heavy atom. The van der Waals surface area contributed by atoms with Gasteiger partial charge in [0.15, 0.2) is 5.65 Å². The van der Waals surface area contributed by atoms with E-state index in [2.05, 4.69) is 22.5 Å². The Kier molecular flexibility index (Phi) is 4.25. The van der Waals surface area contributed by atoms with Gasteiger partial charge in [0, 0.05) is 24.5 Å². The molecule has 3 rings (SSSR count). The Labute approximate surface area is 125 Å². The molecule has 0 N–H and O–H groups in total. The third-order valence-corrected chi connectivity index (χ3v) is 4.73. The van der Waals surface area contributed by atoms with E-state index in [-0.39, 0.29) is 0 Å². The maximum atomic E-state index is 5.96. The Morgan fingerprint density at radius 3 is 3.10 bits per heavy atom. The zero-order valence-electron chi connectivity index (χ0n) is 12.1. The van der Waals surface area contributed by atoms with Crippen molar-refractivity contribution in [2.75, 3.05) is 5.88 Å². The van der Waals surface area contributed by atoms with Crippen molar-refractivity contribution in [1.82, 2.24) is 14.5 Å². The lowest BCUT2D eigenvalue weighted by Gasteiger charge is -2.30. The molecule has 1 aliphatic rings. The summed E-state index contributed by atoms with van der Waals surface area (Å²) in [6.07, 6.45) is 9.16. The number of imidazole rings is 1. The van der Waals surface area contributed by atoms with E-state index in [9.17, 15) is 0 Å². The lowest BCUT2D eigenvalue weighted by atomic mass is 9.84. The normalized spacial score (nSPS) is 23.3. The van der Waals surface area contributed by atoms with Gasteiger partial charge in [0.25, 0.3) is 0 Å². The molecule has 2 aromatic heterocycles. The van der Waals surface area contributed by atoms with Crippen LogP contribution in [0.3, 0.4) is 0 Å². The second-order valence-corrected chi connectivity index (χ2v) is 6.16. The number of pyridine rings is 1. The van der Waals surface area contributed by atoms with Crippen molar-refractivity contribution in [1.29, 1.82) is 0 Å². The van der Waals surface area contributed by atoms with Crippen LogP contribution in [-0.4, -0.2) is 20.4 Å². The average Bonchev–Trinajstić information content (AvgIpc) is 2.85. The number of nitrogens with zero attached hydrogens (tertiary/aromatic N) is 3. The second-order valence-electron chi connectivity index (χ2n) is 5.78. The summed E-state index contributed by atoms with van der Waals surface area (Å²) in [4.78, 5) is 9.31. The first-order valence-electron chi connectivity index (χ1n) is 7.71. The minimum absolute atomic E-state index is 0.548. The number of aromatic nitrogens is 3. The Morgan fingerprint density at radius 2 is 2.30 bits per heavy atom. The monoisotopic (exact) mass is 291 g/mol. The molecular weight excluding hydrogens is 270 g/mol. The van der Waals surface area contributed by atoms with E-state index in [0.29, 0.717) is 11.9 Å². The molecule has 2 heterocycles. The van der Waals surface area contributed by atoms with Gasteiger partial charge in [0.05, 0.1) is 0 Å². The van der Waals surface area contributed by atoms with Crippen molar-refractivity contribution >= 4 is 22.8 Å². The first-order chi connectivity index (χ1) is 9.83. The minimum Gasteiger partial charge on any atom is -0.310 e. The molecule has 0 spiro atoms. The summed E-state index contributed by atoms with van der Waals surface area (Å²) in [5.41, 5.74) is 2.04. The fraction of sp³-hybridized carbons (Fsp3) is 0.625. The van der Waals surface area contributed by atoms with Gasteiger partial charge in [0.2, 0.25) is 0 Å². The molecule has 0 aliphatic heterocycles. The van der Waals surface area contributed by atoms with E-state index in [0.717, 1.165) is 29.3 Å². The molecule has 1 aliphatic carbocycles. The number of hydrogen-bond donors (Lipinski definition) is 0. The Hall–Kier alpha value is -1.09. The number of halogens is 1. The van der Waals surface area contributed by atoms with Gasteiger partial charge < -0.3 is 4.57 Å². The van der Waals surface area contributed by atoms with E-state index < -0.39 is 0 Å². The Balaban J connectivity index is 2.01. The Bertz CT molecular complexity index is 578. The van der Waals surface area contributed by atoms with Crippen LogP contribution in [0.25, 0.3) is 11.2 Å². The molecule has 4 heteroatoms. The van der Waals surface area contributed by atoms with Crippen LogP contribution in [0.4, 0.5) is 0 Å². The number of rotatable bonds is 4. The minimum atomic E-state index is 0.548. The number of fused-ring (bicyclic) bond motifs is 1. The molecule has 2 unspecified atom stereocenters. The lowest BCUT2D eigenvalue weighted by molar-refractivity contribution is 0.261. The van der Waals surface area contributed by atoms with Crippen molar-refractivity contribution in [3.8, 4) is 0 Å². The van der Waals surface area contributed by atoms with Crippen molar-refractivity contribution in [3.05, 3.63) is 24.2 Å². The fourth-order valence-electron chi connectivity index (χ4n) is 3.49. The predicted octanol–water partition coefficient (Wildman–Crippen LogP) is 4.35. The molecule has 1 fully saturated rings. The van der Waals surface area contributed by atoms with Crippen LogP contribution in [0, 0.1) is 5.92 Å². The van der Waals surface area contributed by atoms with Gasteiger partial charge in [0.1, 0.15) is 11.3 Å². The largest absolute Gasteiger partial charge is 0.310 e. The highest BCUT2D eigenvalue weighted by atomic mass is 35.5. The molecule has 0 bridgehead atoms. The summed E-state index contributed by atoms with van der Waals surface area (Å²) < 4.78 is 2.37. The van der Waals surface area contributed by atoms with Gasteiger partial charge in [-0.15, -0.1) is 11.6 Å². The van der Waals surface area contributed by atoms with Gasteiger partial charge in [-0.25, -0.2) is 9.97 Å². The van der Waals surface area contributed by atoms with Crippen LogP contribution in [0.1, 0.15) is 50.9 Å². The topological polar surface area (TPSA) is 30.7 Å². The van der Waals surface area contributed by atoms with Crippen molar-refractivity contribution in [2.24, 2.45) is 5.92 Å². The second kappa shape index (κ2) is 6.13. The summed E-state index contributed by atoms with van der Waals surface area (Å²) in [7, 11) is 0. The summed E-state index contributed by atoms with van der Waals surface area (Å²) in [6, 6.07) is 4.56. The van der Waals surface area contributed by atoms with Crippen LogP contribution < -0.4 is 0 Å². The number of alkyl halides is 1. The maximum Gasteiger partial charge on any atom is 0.160 e. The summed E-state index contributed by atoms with van der Waals surface area (Å²) in [5, 5.41) is 0. The smallest absolute Gasteiger partial charge is 0.160 e. The van der Waals surface area contributed by atoms with Crippen LogP contribution in [0.2, 0.25) is 0 Å². The summed E-state index contributed by atoms with van der Waals surface area (Å²) in [6.45, 7) is 2.30. The molecule has 2 aromatic rings. The van der Waals surface area contributed by atoms with Crippen LogP contribution in [0.15, 0.2) is 18.3 Å². The molecule has 20 heavy (non-hydrogen) atoms. The summed E-state index contributed by atoms with van der Waals surface area (Å²) >= 11 is 5.96. The molecule has 1 saturated carbocycles. The zero-order chi connectivity index (χ0) is 13.9. The standard InChI is InChI=1S/C16H22ClN3/c1-2-12-5-3-6-13(11-12)20-15(8-9-17)19-14-7-4-10-18-16(14)20/h4,7,10,12-13H,2-3,5-6,8-9,11H2,1H3. The summed E-state index contributed by atoms with van der Waals surface area (Å²) in [5.74, 6) is 2.57. The first-order valence-corrected chi connectivity index (χ1v) is 8.24. The van der Waals surface area contributed by atoms with Crippen LogP contribution in [0.5, 0.6) is 0 Å². The predicted molar refractivity (Wildman–Crippen MR) is 83.2 cm³/mol. The molecule has 0 radical (unpaired) electrons. The van der Waals surface area contributed by atoms with E-state index in [4.69, 9.17) is 16.6 Å². The molecule has 3 nitrogen and oxygen atoms in total. The maximum absolute atomic E-state index is 5.96. The number of hydrogen-bond acceptors (Lipinski definition) is 2. The van der Waals surface area contributed by atoms with Crippen LogP contribution >= 0.6 is 11.6 Å². The van der Waals surface area contributed by atoms with E-state index in [1.807, 2.05) is 12.3 Å². The number of aryl methyl sites for hydroxylation is 1. The van der Waals surface area contributed by atoms with Gasteiger partial charge in [-0.2, -0.15) is 0 Å². The van der Waals surface area contributed by atoms with Crippen LogP contribution in [-0.2, 0) is 6.42 Å². The highest BCUT2D eigenvalue weighted by Crippen LogP contribution is 2.36. The first kappa shape index (κ1) is 13.9. The molecule has 0 amide bonds. The van der Waals surface area contributed by atoms with Gasteiger partial charge in [-0.1, -0.05) is 26.2 Å². The van der Waals surface area contributed by atoms with Crippen molar-refractivity contribution in [3.63, 3.8) is 0 Å². The third-order valence-electron chi connectivity index (χ3n) is 4.54. The fourth-order valence-corrected chi connectivity index (χ4v) is 3.66. The highest BCUT2D eigenvalue weighted by Gasteiger charge is 2.25. The van der Waals surface area contributed by atoms with Gasteiger partial charge >= 0.3 is 0 Å². The van der Waals surface area contributed by atoms with E-state index in [1.54, 1.807) is 0 Å². The van der Waals surface area contributed by atoms with Gasteiger partial charge in [-0.05, 0) is 30.9 Å². The average molecular weight is 292 g/mol. The van der Waals surface area contributed by atoms with E-state index >= 15 is 0 Å². The zero-order valence-corrected chi connectivity index (χ0v) is 12.8. The molecule has 0 saturated heterocycles. The molecule has 0 aromatic carbocycles. The van der Waals surface area contributed by atoms with Gasteiger partial charge in [-0.3, -0.25) is 0 Å². The third kappa shape index (κ3) is 2.56.